The second-order valence-corrected chi connectivity index (χ2v) is 5.70. The number of ether oxygens (including phenoxy) is 3. The molecule has 2 aromatic carbocycles. The predicted molar refractivity (Wildman–Crippen MR) is 81.1 cm³/mol. The summed E-state index contributed by atoms with van der Waals surface area (Å²) < 4.78 is 131. The van der Waals surface area contributed by atoms with Crippen LogP contribution in [0.4, 0.5) is 39.5 Å². The normalized spacial score (nSPS) is 12.1. The molecule has 0 unspecified atom stereocenters. The molecule has 0 aliphatic rings. The molecule has 0 N–H and O–H groups in total. The fourth-order valence-electron chi connectivity index (χ4n) is 2.68. The highest BCUT2D eigenvalue weighted by atomic mass is 19.4. The van der Waals surface area contributed by atoms with Gasteiger partial charge >= 0.3 is 12.7 Å². The average molecular weight is 434 g/mol. The monoisotopic (exact) mass is 434 g/mol. The van der Waals surface area contributed by atoms with Gasteiger partial charge in [-0.2, -0.15) is 0 Å². The van der Waals surface area contributed by atoms with Crippen LogP contribution in [0.3, 0.4) is 0 Å². The standard InChI is InChI=1S/C17H11F9O3/c1-6-4-7(2)13(27-3)10(12(6)20)11-14(28-16(21,22)23)8(18)5-9(19)15(11)29-17(24,25)26/h4-5H,1-3H3. The van der Waals surface area contributed by atoms with Crippen LogP contribution in [-0.4, -0.2) is 19.8 Å². The van der Waals surface area contributed by atoms with Gasteiger partial charge in [0.25, 0.3) is 0 Å². The summed E-state index contributed by atoms with van der Waals surface area (Å²) in [4.78, 5) is 0. The molecule has 0 spiro atoms. The van der Waals surface area contributed by atoms with E-state index in [4.69, 9.17) is 4.74 Å². The zero-order chi connectivity index (χ0) is 22.3. The van der Waals surface area contributed by atoms with Gasteiger partial charge in [0.1, 0.15) is 11.6 Å². The molecule has 0 aromatic heterocycles. The zero-order valence-corrected chi connectivity index (χ0v) is 14.8. The Morgan fingerprint density at radius 3 is 1.48 bits per heavy atom. The number of rotatable bonds is 4. The number of hydrogen-bond acceptors (Lipinski definition) is 3. The van der Waals surface area contributed by atoms with E-state index in [2.05, 4.69) is 9.47 Å². The van der Waals surface area contributed by atoms with Crippen molar-refractivity contribution >= 4 is 0 Å². The first-order valence-corrected chi connectivity index (χ1v) is 7.53. The van der Waals surface area contributed by atoms with Crippen LogP contribution in [0.5, 0.6) is 17.2 Å². The number of halogens is 9. The van der Waals surface area contributed by atoms with Gasteiger partial charge < -0.3 is 14.2 Å². The molecule has 0 bridgehead atoms. The van der Waals surface area contributed by atoms with Crippen molar-refractivity contribution in [2.45, 2.75) is 26.6 Å². The second-order valence-electron chi connectivity index (χ2n) is 5.70. The molecular formula is C17H11F9O3. The van der Waals surface area contributed by atoms with E-state index >= 15 is 0 Å². The third-order valence-corrected chi connectivity index (χ3v) is 3.62. The van der Waals surface area contributed by atoms with Gasteiger partial charge in [-0.3, -0.25) is 0 Å². The van der Waals surface area contributed by atoms with E-state index in [1.807, 2.05) is 0 Å². The van der Waals surface area contributed by atoms with Crippen LogP contribution >= 0.6 is 0 Å². The predicted octanol–water partition coefficient (Wildman–Crippen LogP) is 6.19. The fourth-order valence-corrected chi connectivity index (χ4v) is 2.68. The molecule has 0 heterocycles. The van der Waals surface area contributed by atoms with E-state index in [1.165, 1.54) is 13.0 Å². The van der Waals surface area contributed by atoms with E-state index in [0.29, 0.717) is 0 Å². The van der Waals surface area contributed by atoms with Gasteiger partial charge in [0.2, 0.25) is 0 Å². The van der Waals surface area contributed by atoms with Gasteiger partial charge in [0.15, 0.2) is 23.1 Å². The summed E-state index contributed by atoms with van der Waals surface area (Å²) in [5.41, 5.74) is -2.87. The lowest BCUT2D eigenvalue weighted by atomic mass is 9.96. The first kappa shape index (κ1) is 22.5. The van der Waals surface area contributed by atoms with Crippen LogP contribution in [0.15, 0.2) is 12.1 Å². The van der Waals surface area contributed by atoms with E-state index in [1.54, 1.807) is 0 Å². The number of hydrogen-bond donors (Lipinski definition) is 0. The number of benzene rings is 2. The molecule has 2 rings (SSSR count). The Morgan fingerprint density at radius 1 is 0.655 bits per heavy atom. The van der Waals surface area contributed by atoms with Crippen molar-refractivity contribution in [2.75, 3.05) is 7.11 Å². The lowest BCUT2D eigenvalue weighted by Gasteiger charge is -2.22. The van der Waals surface area contributed by atoms with Crippen molar-refractivity contribution in [3.8, 4) is 28.4 Å². The highest BCUT2D eigenvalue weighted by molar-refractivity contribution is 5.83. The summed E-state index contributed by atoms with van der Waals surface area (Å²) in [5, 5.41) is 0. The molecule has 0 radical (unpaired) electrons. The maximum absolute atomic E-state index is 14.8. The van der Waals surface area contributed by atoms with Crippen LogP contribution < -0.4 is 14.2 Å². The molecule has 0 aliphatic heterocycles. The Hall–Kier alpha value is -2.79. The molecule has 0 amide bonds. The molecule has 0 aliphatic carbocycles. The first-order chi connectivity index (χ1) is 13.2. The number of methoxy groups -OCH3 is 1. The van der Waals surface area contributed by atoms with Crippen molar-refractivity contribution in [1.29, 1.82) is 0 Å². The molecule has 2 aromatic rings. The summed E-state index contributed by atoms with van der Waals surface area (Å²) in [6, 6.07) is 0.862. The van der Waals surface area contributed by atoms with Crippen molar-refractivity contribution in [1.82, 2.24) is 0 Å². The molecule has 0 saturated carbocycles. The summed E-state index contributed by atoms with van der Waals surface area (Å²) >= 11 is 0. The molecule has 3 nitrogen and oxygen atoms in total. The molecule has 0 fully saturated rings. The highest BCUT2D eigenvalue weighted by Crippen LogP contribution is 2.50. The van der Waals surface area contributed by atoms with E-state index < -0.39 is 58.6 Å². The third-order valence-electron chi connectivity index (χ3n) is 3.62. The van der Waals surface area contributed by atoms with Crippen LogP contribution in [0.25, 0.3) is 11.1 Å². The van der Waals surface area contributed by atoms with Crippen LogP contribution in [0.2, 0.25) is 0 Å². The largest absolute Gasteiger partial charge is 0.573 e. The zero-order valence-electron chi connectivity index (χ0n) is 14.8. The smallest absolute Gasteiger partial charge is 0.496 e. The quantitative estimate of drug-likeness (QED) is 0.537. The van der Waals surface area contributed by atoms with Crippen molar-refractivity contribution in [3.63, 3.8) is 0 Å². The average Bonchev–Trinajstić information content (AvgIpc) is 2.54. The van der Waals surface area contributed by atoms with Gasteiger partial charge in [-0.1, -0.05) is 0 Å². The minimum Gasteiger partial charge on any atom is -0.496 e. The van der Waals surface area contributed by atoms with E-state index in [-0.39, 0.29) is 17.2 Å². The van der Waals surface area contributed by atoms with Gasteiger partial charge in [-0.25, -0.2) is 13.2 Å². The minimum absolute atomic E-state index is 0.0574. The number of alkyl halides is 6. The minimum atomic E-state index is -5.61. The molecule has 12 heteroatoms. The topological polar surface area (TPSA) is 27.7 Å². The van der Waals surface area contributed by atoms with Gasteiger partial charge in [0.05, 0.1) is 18.2 Å². The van der Waals surface area contributed by atoms with Crippen LogP contribution in [-0.2, 0) is 0 Å². The number of aryl methyl sites for hydroxylation is 2. The Bertz CT molecular complexity index is 893. The van der Waals surface area contributed by atoms with Crippen molar-refractivity contribution in [2.24, 2.45) is 0 Å². The lowest BCUT2D eigenvalue weighted by Crippen LogP contribution is -2.22. The van der Waals surface area contributed by atoms with Crippen molar-refractivity contribution < 1.29 is 53.7 Å². The van der Waals surface area contributed by atoms with Crippen LogP contribution in [0, 0.1) is 31.3 Å². The Kier molecular flexibility index (Phi) is 5.87. The van der Waals surface area contributed by atoms with Crippen LogP contribution in [0.1, 0.15) is 11.1 Å². The van der Waals surface area contributed by atoms with Gasteiger partial charge in [0, 0.05) is 6.07 Å². The van der Waals surface area contributed by atoms with E-state index in [0.717, 1.165) is 14.0 Å². The summed E-state index contributed by atoms with van der Waals surface area (Å²) in [7, 11) is 0.935. The van der Waals surface area contributed by atoms with Crippen molar-refractivity contribution in [3.05, 3.63) is 40.7 Å². The third kappa shape index (κ3) is 4.80. The fraction of sp³-hybridized carbons (Fsp3) is 0.294. The molecule has 29 heavy (non-hydrogen) atoms. The molecule has 0 atom stereocenters. The van der Waals surface area contributed by atoms with Gasteiger partial charge in [-0.05, 0) is 31.0 Å². The Labute approximate surface area is 157 Å². The highest BCUT2D eigenvalue weighted by Gasteiger charge is 2.41. The molecule has 0 saturated heterocycles. The summed E-state index contributed by atoms with van der Waals surface area (Å²) in [5.74, 6) is -9.87. The second kappa shape index (κ2) is 7.56. The summed E-state index contributed by atoms with van der Waals surface area (Å²) in [6.07, 6.45) is -11.2. The Balaban J connectivity index is 3.06. The maximum Gasteiger partial charge on any atom is 0.573 e. The first-order valence-electron chi connectivity index (χ1n) is 7.53. The summed E-state index contributed by atoms with van der Waals surface area (Å²) in [6.45, 7) is 2.43. The molecular weight excluding hydrogens is 423 g/mol. The SMILES string of the molecule is COc1c(C)cc(C)c(F)c1-c1c(OC(F)(F)F)c(F)cc(F)c1OC(F)(F)F. The molecule has 160 valence electrons. The Morgan fingerprint density at radius 2 is 1.10 bits per heavy atom. The van der Waals surface area contributed by atoms with Gasteiger partial charge in [-0.15, -0.1) is 26.3 Å². The lowest BCUT2D eigenvalue weighted by molar-refractivity contribution is -0.277. The maximum atomic E-state index is 14.8. The van der Waals surface area contributed by atoms with E-state index in [9.17, 15) is 39.5 Å².